The summed E-state index contributed by atoms with van der Waals surface area (Å²) >= 11 is 0. The molecule has 2 heterocycles. The number of H-pyrrole nitrogens is 1. The Morgan fingerprint density at radius 2 is 2.00 bits per heavy atom. The van der Waals surface area contributed by atoms with Crippen LogP contribution in [0.3, 0.4) is 0 Å². The van der Waals surface area contributed by atoms with Crippen LogP contribution in [0, 0.1) is 0 Å². The van der Waals surface area contributed by atoms with E-state index in [1.807, 2.05) is 30.3 Å². The largest absolute Gasteiger partial charge is 0.472 e. The van der Waals surface area contributed by atoms with Crippen LogP contribution in [0.15, 0.2) is 36.5 Å². The van der Waals surface area contributed by atoms with E-state index in [1.165, 1.54) is 0 Å². The number of aromatic amines is 1. The average molecular weight is 241 g/mol. The van der Waals surface area contributed by atoms with Crippen molar-refractivity contribution in [2.75, 3.05) is 5.73 Å². The van der Waals surface area contributed by atoms with E-state index in [-0.39, 0.29) is 5.95 Å². The van der Waals surface area contributed by atoms with E-state index in [0.29, 0.717) is 18.1 Å². The highest BCUT2D eigenvalue weighted by Crippen LogP contribution is 2.21. The van der Waals surface area contributed by atoms with Gasteiger partial charge in [0.25, 0.3) is 0 Å². The fraction of sp³-hybridized carbons (Fsp3) is 0.0833. The summed E-state index contributed by atoms with van der Waals surface area (Å²) < 4.78 is 5.65. The van der Waals surface area contributed by atoms with Gasteiger partial charge < -0.3 is 10.5 Å². The highest BCUT2D eigenvalue weighted by Gasteiger charge is 2.09. The number of fused-ring (bicyclic) bond motifs is 1. The van der Waals surface area contributed by atoms with Gasteiger partial charge in [0.1, 0.15) is 12.0 Å². The van der Waals surface area contributed by atoms with Gasteiger partial charge in [-0.1, -0.05) is 30.3 Å². The summed E-state index contributed by atoms with van der Waals surface area (Å²) in [6, 6.07) is 9.84. The number of ether oxygens (including phenoxy) is 1. The Labute approximate surface area is 103 Å². The van der Waals surface area contributed by atoms with Crippen molar-refractivity contribution in [1.29, 1.82) is 0 Å². The number of nitrogens with one attached hydrogen (secondary N) is 1. The first-order chi connectivity index (χ1) is 8.83. The van der Waals surface area contributed by atoms with Crippen LogP contribution in [0.2, 0.25) is 0 Å². The van der Waals surface area contributed by atoms with Crippen LogP contribution < -0.4 is 10.5 Å². The molecule has 0 unspecified atom stereocenters. The zero-order valence-electron chi connectivity index (χ0n) is 9.50. The number of hydrogen-bond donors (Lipinski definition) is 2. The summed E-state index contributed by atoms with van der Waals surface area (Å²) in [6.07, 6.45) is 1.62. The Bertz CT molecular complexity index is 665. The Morgan fingerprint density at radius 3 is 2.83 bits per heavy atom. The Morgan fingerprint density at radius 1 is 1.17 bits per heavy atom. The third-order valence-electron chi connectivity index (χ3n) is 2.51. The summed E-state index contributed by atoms with van der Waals surface area (Å²) in [5.41, 5.74) is 7.24. The number of nitrogens with zero attached hydrogens (tertiary/aromatic N) is 3. The van der Waals surface area contributed by atoms with E-state index in [0.717, 1.165) is 10.9 Å². The van der Waals surface area contributed by atoms with Crippen LogP contribution >= 0.6 is 0 Å². The molecule has 2 aromatic heterocycles. The van der Waals surface area contributed by atoms with Gasteiger partial charge in [0.2, 0.25) is 11.8 Å². The average Bonchev–Trinajstić information content (AvgIpc) is 2.85. The molecule has 0 saturated heterocycles. The monoisotopic (exact) mass is 241 g/mol. The fourth-order valence-electron chi connectivity index (χ4n) is 1.66. The van der Waals surface area contributed by atoms with Crippen molar-refractivity contribution in [1.82, 2.24) is 20.2 Å². The maximum Gasteiger partial charge on any atom is 0.229 e. The number of anilines is 1. The van der Waals surface area contributed by atoms with Gasteiger partial charge in [-0.25, -0.2) is 0 Å². The number of aromatic nitrogens is 4. The number of nitrogen functional groups attached to an aromatic ring is 1. The highest BCUT2D eigenvalue weighted by atomic mass is 16.5. The minimum Gasteiger partial charge on any atom is -0.472 e. The first kappa shape index (κ1) is 10.5. The minimum absolute atomic E-state index is 0.162. The van der Waals surface area contributed by atoms with Crippen LogP contribution in [0.25, 0.3) is 11.0 Å². The summed E-state index contributed by atoms with van der Waals surface area (Å²) in [4.78, 5) is 8.09. The molecule has 6 nitrogen and oxygen atoms in total. The maximum absolute atomic E-state index is 5.65. The van der Waals surface area contributed by atoms with Gasteiger partial charge in [0, 0.05) is 0 Å². The van der Waals surface area contributed by atoms with E-state index >= 15 is 0 Å². The number of benzene rings is 1. The van der Waals surface area contributed by atoms with Crippen molar-refractivity contribution >= 4 is 17.0 Å². The predicted octanol–water partition coefficient (Wildman–Crippen LogP) is 1.51. The minimum atomic E-state index is 0.162. The molecule has 90 valence electrons. The van der Waals surface area contributed by atoms with Gasteiger partial charge in [-0.2, -0.15) is 15.1 Å². The fourth-order valence-corrected chi connectivity index (χ4v) is 1.66. The van der Waals surface area contributed by atoms with Crippen molar-refractivity contribution in [3.8, 4) is 5.88 Å². The van der Waals surface area contributed by atoms with E-state index in [2.05, 4.69) is 20.2 Å². The molecule has 3 rings (SSSR count). The third kappa shape index (κ3) is 1.95. The first-order valence-corrected chi connectivity index (χ1v) is 5.46. The van der Waals surface area contributed by atoms with Gasteiger partial charge in [0.05, 0.1) is 6.20 Å². The molecule has 18 heavy (non-hydrogen) atoms. The quantitative estimate of drug-likeness (QED) is 0.725. The topological polar surface area (TPSA) is 89.7 Å². The Kier molecular flexibility index (Phi) is 2.53. The molecule has 0 aliphatic heterocycles. The molecule has 1 aromatic carbocycles. The molecule has 0 fully saturated rings. The third-order valence-corrected chi connectivity index (χ3v) is 2.51. The second kappa shape index (κ2) is 4.33. The van der Waals surface area contributed by atoms with Gasteiger partial charge in [-0.05, 0) is 5.56 Å². The number of nitrogens with two attached hydrogens (primary N) is 1. The summed E-state index contributed by atoms with van der Waals surface area (Å²) in [5.74, 6) is 0.602. The summed E-state index contributed by atoms with van der Waals surface area (Å²) in [6.45, 7) is 0.428. The SMILES string of the molecule is Nc1nc(OCc2ccccc2)c2cn[nH]c2n1. The van der Waals surface area contributed by atoms with Gasteiger partial charge in [-0.15, -0.1) is 0 Å². The lowest BCUT2D eigenvalue weighted by Gasteiger charge is -2.06. The maximum atomic E-state index is 5.65. The van der Waals surface area contributed by atoms with Crippen molar-refractivity contribution in [2.45, 2.75) is 6.61 Å². The van der Waals surface area contributed by atoms with E-state index in [9.17, 15) is 0 Å². The van der Waals surface area contributed by atoms with Crippen molar-refractivity contribution in [3.05, 3.63) is 42.1 Å². The molecular formula is C12H11N5O. The normalized spacial score (nSPS) is 10.7. The molecule has 3 aromatic rings. The second-order valence-electron chi connectivity index (χ2n) is 3.79. The van der Waals surface area contributed by atoms with Gasteiger partial charge >= 0.3 is 0 Å². The molecule has 6 heteroatoms. The van der Waals surface area contributed by atoms with Crippen molar-refractivity contribution < 1.29 is 4.74 Å². The standard InChI is InChI=1S/C12H11N5O/c13-12-15-10-9(6-14-17-10)11(16-12)18-7-8-4-2-1-3-5-8/h1-6H,7H2,(H3,13,14,15,16,17). The highest BCUT2D eigenvalue weighted by molar-refractivity contribution is 5.80. The lowest BCUT2D eigenvalue weighted by molar-refractivity contribution is 0.298. The molecule has 0 bridgehead atoms. The second-order valence-corrected chi connectivity index (χ2v) is 3.79. The van der Waals surface area contributed by atoms with E-state index in [4.69, 9.17) is 10.5 Å². The molecular weight excluding hydrogens is 230 g/mol. The number of hydrogen-bond acceptors (Lipinski definition) is 5. The van der Waals surface area contributed by atoms with Crippen LogP contribution in [0.1, 0.15) is 5.56 Å². The van der Waals surface area contributed by atoms with E-state index < -0.39 is 0 Å². The summed E-state index contributed by atoms with van der Waals surface area (Å²) in [7, 11) is 0. The summed E-state index contributed by atoms with van der Waals surface area (Å²) in [5, 5.41) is 7.36. The zero-order valence-corrected chi connectivity index (χ0v) is 9.50. The Hall–Kier alpha value is -2.63. The molecule has 0 amide bonds. The van der Waals surface area contributed by atoms with Gasteiger partial charge in [0.15, 0.2) is 5.65 Å². The van der Waals surface area contributed by atoms with Crippen LogP contribution in [-0.2, 0) is 6.61 Å². The predicted molar refractivity (Wildman–Crippen MR) is 66.9 cm³/mol. The molecule has 0 saturated carbocycles. The smallest absolute Gasteiger partial charge is 0.229 e. The zero-order chi connectivity index (χ0) is 12.4. The van der Waals surface area contributed by atoms with Crippen molar-refractivity contribution in [2.24, 2.45) is 0 Å². The van der Waals surface area contributed by atoms with Gasteiger partial charge in [-0.3, -0.25) is 5.10 Å². The lowest BCUT2D eigenvalue weighted by Crippen LogP contribution is -2.01. The lowest BCUT2D eigenvalue weighted by atomic mass is 10.2. The molecule has 0 aliphatic rings. The van der Waals surface area contributed by atoms with Crippen molar-refractivity contribution in [3.63, 3.8) is 0 Å². The number of rotatable bonds is 3. The molecule has 0 aliphatic carbocycles. The van der Waals surface area contributed by atoms with Crippen LogP contribution in [-0.4, -0.2) is 20.2 Å². The molecule has 3 N–H and O–H groups in total. The first-order valence-electron chi connectivity index (χ1n) is 5.46. The molecule has 0 radical (unpaired) electrons. The van der Waals surface area contributed by atoms with Crippen LogP contribution in [0.5, 0.6) is 5.88 Å². The molecule has 0 atom stereocenters. The van der Waals surface area contributed by atoms with E-state index in [1.54, 1.807) is 6.20 Å². The Balaban J connectivity index is 1.88. The molecule has 0 spiro atoms. The van der Waals surface area contributed by atoms with Crippen LogP contribution in [0.4, 0.5) is 5.95 Å².